The van der Waals surface area contributed by atoms with E-state index in [-0.39, 0.29) is 5.41 Å². The van der Waals surface area contributed by atoms with Crippen LogP contribution in [-0.2, 0) is 15.4 Å². The maximum Gasteiger partial charge on any atom is 0.229 e. The Morgan fingerprint density at radius 1 is 1.21 bits per heavy atom. The second-order valence-electron chi connectivity index (χ2n) is 9.11. The van der Waals surface area contributed by atoms with Gasteiger partial charge in [-0.05, 0) is 54.8 Å². The van der Waals surface area contributed by atoms with Crippen molar-refractivity contribution in [2.75, 3.05) is 37.2 Å². The molecule has 0 spiro atoms. The first-order chi connectivity index (χ1) is 13.3. The third-order valence-electron chi connectivity index (χ3n) is 6.86. The average molecular weight is 408 g/mol. The van der Waals surface area contributed by atoms with Crippen LogP contribution in [-0.4, -0.2) is 51.8 Å². The number of nitrogens with one attached hydrogen (secondary N) is 2. The number of piperidine rings is 1. The molecular weight excluding hydrogens is 370 g/mol. The summed E-state index contributed by atoms with van der Waals surface area (Å²) in [6, 6.07) is 8.67. The molecule has 2 aliphatic rings. The number of sulfonamides is 1. The highest BCUT2D eigenvalue weighted by molar-refractivity contribution is 7.92. The van der Waals surface area contributed by atoms with Crippen molar-refractivity contribution in [3.05, 3.63) is 29.8 Å². The minimum atomic E-state index is -3.25. The van der Waals surface area contributed by atoms with Gasteiger partial charge >= 0.3 is 0 Å². The predicted octanol–water partition coefficient (Wildman–Crippen LogP) is 3.58. The van der Waals surface area contributed by atoms with Crippen LogP contribution in [0.5, 0.6) is 0 Å². The summed E-state index contributed by atoms with van der Waals surface area (Å²) in [6.45, 7) is 9.05. The van der Waals surface area contributed by atoms with Crippen molar-refractivity contribution in [1.82, 2.24) is 10.2 Å². The Bertz CT molecular complexity index is 746. The standard InChI is InChI=1S/C22H37N3O2S/c1-18-17-25(15-13-23-20-9-5-4-6-10-20)14-12-22(18,2)19-8-7-11-21(16-19)24-28(3,26)27/h7-8,11,16,18,20,23-24H,4-6,9-10,12-15,17H2,1-3H3. The van der Waals surface area contributed by atoms with Gasteiger partial charge in [0, 0.05) is 31.4 Å². The van der Waals surface area contributed by atoms with Gasteiger partial charge in [0.2, 0.25) is 10.0 Å². The summed E-state index contributed by atoms with van der Waals surface area (Å²) in [5.74, 6) is 0.518. The number of rotatable bonds is 7. The lowest BCUT2D eigenvalue weighted by atomic mass is 9.68. The third kappa shape index (κ3) is 5.71. The van der Waals surface area contributed by atoms with Gasteiger partial charge in [-0.1, -0.05) is 45.2 Å². The lowest BCUT2D eigenvalue weighted by Gasteiger charge is -2.45. The Balaban J connectivity index is 1.55. The highest BCUT2D eigenvalue weighted by Gasteiger charge is 2.38. The molecule has 1 heterocycles. The molecule has 6 heteroatoms. The van der Waals surface area contributed by atoms with Crippen molar-refractivity contribution >= 4 is 15.7 Å². The van der Waals surface area contributed by atoms with E-state index in [4.69, 9.17) is 0 Å². The molecule has 1 aliphatic heterocycles. The molecule has 0 aromatic heterocycles. The largest absolute Gasteiger partial charge is 0.313 e. The van der Waals surface area contributed by atoms with Gasteiger partial charge in [0.15, 0.2) is 0 Å². The van der Waals surface area contributed by atoms with Gasteiger partial charge in [0.1, 0.15) is 0 Å². The lowest BCUT2D eigenvalue weighted by molar-refractivity contribution is 0.110. The normalized spacial score (nSPS) is 27.6. The predicted molar refractivity (Wildman–Crippen MR) is 117 cm³/mol. The monoisotopic (exact) mass is 407 g/mol. The first kappa shape index (κ1) is 21.6. The van der Waals surface area contributed by atoms with E-state index >= 15 is 0 Å². The molecule has 0 bridgehead atoms. The van der Waals surface area contributed by atoms with E-state index in [1.54, 1.807) is 0 Å². The van der Waals surface area contributed by atoms with Crippen LogP contribution < -0.4 is 10.0 Å². The Kier molecular flexibility index (Phi) is 7.05. The molecule has 1 saturated carbocycles. The minimum Gasteiger partial charge on any atom is -0.313 e. The quantitative estimate of drug-likeness (QED) is 0.725. The first-order valence-corrected chi connectivity index (χ1v) is 12.7. The van der Waals surface area contributed by atoms with Crippen molar-refractivity contribution in [3.63, 3.8) is 0 Å². The van der Waals surface area contributed by atoms with Crippen molar-refractivity contribution in [1.29, 1.82) is 0 Å². The van der Waals surface area contributed by atoms with Crippen molar-refractivity contribution < 1.29 is 8.42 Å². The van der Waals surface area contributed by atoms with Crippen LogP contribution in [0.1, 0.15) is 57.9 Å². The van der Waals surface area contributed by atoms with Crippen LogP contribution in [0.15, 0.2) is 24.3 Å². The van der Waals surface area contributed by atoms with Gasteiger partial charge in [-0.25, -0.2) is 8.42 Å². The second-order valence-corrected chi connectivity index (χ2v) is 10.9. The summed E-state index contributed by atoms with van der Waals surface area (Å²) in [6.07, 6.45) is 9.14. The SMILES string of the molecule is CC1CN(CCNC2CCCCC2)CCC1(C)c1cccc(NS(C)(=O)=O)c1. The fourth-order valence-electron chi connectivity index (χ4n) is 4.83. The molecule has 0 radical (unpaired) electrons. The fraction of sp³-hybridized carbons (Fsp3) is 0.727. The summed E-state index contributed by atoms with van der Waals surface area (Å²) < 4.78 is 25.7. The van der Waals surface area contributed by atoms with E-state index in [9.17, 15) is 8.42 Å². The highest BCUT2D eigenvalue weighted by atomic mass is 32.2. The Labute approximate surface area is 171 Å². The van der Waals surface area contributed by atoms with Gasteiger partial charge in [-0.3, -0.25) is 4.72 Å². The Morgan fingerprint density at radius 2 is 1.96 bits per heavy atom. The highest BCUT2D eigenvalue weighted by Crippen LogP contribution is 2.40. The molecule has 2 unspecified atom stereocenters. The van der Waals surface area contributed by atoms with Crippen LogP contribution in [0.25, 0.3) is 0 Å². The van der Waals surface area contributed by atoms with Gasteiger partial charge in [-0.2, -0.15) is 0 Å². The van der Waals surface area contributed by atoms with Crippen molar-refractivity contribution in [2.24, 2.45) is 5.92 Å². The zero-order chi connectivity index (χ0) is 20.2. The molecule has 0 amide bonds. The number of likely N-dealkylation sites (tertiary alicyclic amines) is 1. The second kappa shape index (κ2) is 9.14. The molecular formula is C22H37N3O2S. The van der Waals surface area contributed by atoms with Crippen LogP contribution in [0.3, 0.4) is 0 Å². The Hall–Kier alpha value is -1.11. The van der Waals surface area contributed by atoms with E-state index in [2.05, 4.69) is 34.9 Å². The van der Waals surface area contributed by atoms with Crippen LogP contribution in [0.4, 0.5) is 5.69 Å². The molecule has 158 valence electrons. The van der Waals surface area contributed by atoms with E-state index < -0.39 is 10.0 Å². The zero-order valence-electron chi connectivity index (χ0n) is 17.7. The first-order valence-electron chi connectivity index (χ1n) is 10.8. The summed E-state index contributed by atoms with van der Waals surface area (Å²) in [5, 5.41) is 3.76. The van der Waals surface area contributed by atoms with Crippen LogP contribution in [0, 0.1) is 5.92 Å². The number of hydrogen-bond acceptors (Lipinski definition) is 4. The van der Waals surface area contributed by atoms with Gasteiger partial charge < -0.3 is 10.2 Å². The van der Waals surface area contributed by atoms with E-state index in [1.807, 2.05) is 18.2 Å². The van der Waals surface area contributed by atoms with E-state index in [0.717, 1.165) is 38.6 Å². The minimum absolute atomic E-state index is 0.0719. The fourth-order valence-corrected chi connectivity index (χ4v) is 5.39. The van der Waals surface area contributed by atoms with Crippen molar-refractivity contribution in [3.8, 4) is 0 Å². The third-order valence-corrected chi connectivity index (χ3v) is 7.47. The molecule has 1 aromatic carbocycles. The maximum absolute atomic E-state index is 11.6. The summed E-state index contributed by atoms with van der Waals surface area (Å²) >= 11 is 0. The summed E-state index contributed by atoms with van der Waals surface area (Å²) in [4.78, 5) is 2.58. The topological polar surface area (TPSA) is 61.4 Å². The van der Waals surface area contributed by atoms with E-state index in [0.29, 0.717) is 11.6 Å². The molecule has 1 aliphatic carbocycles. The zero-order valence-corrected chi connectivity index (χ0v) is 18.5. The molecule has 2 N–H and O–H groups in total. The molecule has 5 nitrogen and oxygen atoms in total. The molecule has 2 fully saturated rings. The molecule has 2 atom stereocenters. The number of nitrogens with zero attached hydrogens (tertiary/aromatic N) is 1. The number of hydrogen-bond donors (Lipinski definition) is 2. The summed E-state index contributed by atoms with van der Waals surface area (Å²) in [5.41, 5.74) is 1.96. The number of benzene rings is 1. The van der Waals surface area contributed by atoms with Gasteiger partial charge in [0.05, 0.1) is 6.26 Å². The van der Waals surface area contributed by atoms with Crippen molar-refractivity contribution in [2.45, 2.75) is 63.8 Å². The molecule has 3 rings (SSSR count). The van der Waals surface area contributed by atoms with Gasteiger partial charge in [0.25, 0.3) is 0 Å². The molecule has 1 saturated heterocycles. The lowest BCUT2D eigenvalue weighted by Crippen LogP contribution is -2.49. The number of anilines is 1. The smallest absolute Gasteiger partial charge is 0.229 e. The average Bonchev–Trinajstić information content (AvgIpc) is 2.64. The molecule has 1 aromatic rings. The summed E-state index contributed by atoms with van der Waals surface area (Å²) in [7, 11) is -3.25. The van der Waals surface area contributed by atoms with Gasteiger partial charge in [-0.15, -0.1) is 0 Å². The van der Waals surface area contributed by atoms with E-state index in [1.165, 1.54) is 43.9 Å². The maximum atomic E-state index is 11.6. The molecule has 28 heavy (non-hydrogen) atoms. The van der Waals surface area contributed by atoms with Crippen LogP contribution >= 0.6 is 0 Å². The Morgan fingerprint density at radius 3 is 2.64 bits per heavy atom. The van der Waals surface area contributed by atoms with Crippen LogP contribution in [0.2, 0.25) is 0 Å².